The summed E-state index contributed by atoms with van der Waals surface area (Å²) in [6.45, 7) is 1.79. The maximum atomic E-state index is 10.9. The Morgan fingerprint density at radius 1 is 1.28 bits per heavy atom. The average molecular weight is 309 g/mol. The lowest BCUT2D eigenvalue weighted by molar-refractivity contribution is -0.384. The van der Waals surface area contributed by atoms with Gasteiger partial charge in [-0.25, -0.2) is 0 Å². The third-order valence-corrected chi connectivity index (χ3v) is 2.76. The van der Waals surface area contributed by atoms with Gasteiger partial charge in [-0.15, -0.1) is 10.2 Å². The fourth-order valence-electron chi connectivity index (χ4n) is 1.48. The first-order valence-corrected chi connectivity index (χ1v) is 5.87. The molecule has 0 aliphatic heterocycles. The SMILES string of the molecule is Cc1cccc([N+](=O)[O-])c1Nc1ccc(Br)nn1. The zero-order chi connectivity index (χ0) is 13.1. The number of nitro groups is 1. The average Bonchev–Trinajstić information content (AvgIpc) is 2.34. The summed E-state index contributed by atoms with van der Waals surface area (Å²) in [5.41, 5.74) is 1.22. The highest BCUT2D eigenvalue weighted by atomic mass is 79.9. The maximum absolute atomic E-state index is 10.9. The third-order valence-electron chi connectivity index (χ3n) is 2.33. The Bertz CT molecular complexity index is 586. The quantitative estimate of drug-likeness (QED) is 0.695. The number of nitro benzene ring substituents is 1. The molecule has 0 saturated carbocycles. The van der Waals surface area contributed by atoms with Gasteiger partial charge in [-0.3, -0.25) is 10.1 Å². The molecular weight excluding hydrogens is 300 g/mol. The molecule has 0 aliphatic carbocycles. The van der Waals surface area contributed by atoms with Crippen LogP contribution in [0.3, 0.4) is 0 Å². The van der Waals surface area contributed by atoms with Crippen LogP contribution in [-0.2, 0) is 0 Å². The van der Waals surface area contributed by atoms with E-state index in [1.54, 1.807) is 31.2 Å². The normalized spacial score (nSPS) is 10.1. The number of anilines is 2. The van der Waals surface area contributed by atoms with Crippen molar-refractivity contribution in [1.29, 1.82) is 0 Å². The lowest BCUT2D eigenvalue weighted by Crippen LogP contribution is -2.01. The first-order valence-electron chi connectivity index (χ1n) is 5.08. The molecular formula is C11H9BrN4O2. The number of para-hydroxylation sites is 1. The molecule has 2 rings (SSSR count). The first kappa shape index (κ1) is 12.4. The van der Waals surface area contributed by atoms with E-state index in [0.29, 0.717) is 16.1 Å². The summed E-state index contributed by atoms with van der Waals surface area (Å²) in [5, 5.41) is 21.6. The number of aromatic nitrogens is 2. The van der Waals surface area contributed by atoms with Crippen LogP contribution in [0.4, 0.5) is 17.2 Å². The first-order chi connectivity index (χ1) is 8.58. The number of hydrogen-bond acceptors (Lipinski definition) is 5. The van der Waals surface area contributed by atoms with Crippen LogP contribution in [0.1, 0.15) is 5.56 Å². The second-order valence-corrected chi connectivity index (χ2v) is 4.40. The van der Waals surface area contributed by atoms with Crippen LogP contribution in [0.25, 0.3) is 0 Å². The molecule has 1 N–H and O–H groups in total. The fourth-order valence-corrected chi connectivity index (χ4v) is 1.69. The predicted octanol–water partition coefficient (Wildman–Crippen LogP) is 3.20. The Balaban J connectivity index is 2.39. The third kappa shape index (κ3) is 2.62. The van der Waals surface area contributed by atoms with Crippen molar-refractivity contribution >= 4 is 33.1 Å². The van der Waals surface area contributed by atoms with Gasteiger partial charge in [0.1, 0.15) is 10.3 Å². The largest absolute Gasteiger partial charge is 0.333 e. The summed E-state index contributed by atoms with van der Waals surface area (Å²) in [6, 6.07) is 8.28. The summed E-state index contributed by atoms with van der Waals surface area (Å²) in [4.78, 5) is 10.5. The van der Waals surface area contributed by atoms with E-state index in [4.69, 9.17) is 0 Å². The Kier molecular flexibility index (Phi) is 3.52. The highest BCUT2D eigenvalue weighted by molar-refractivity contribution is 9.10. The molecule has 0 radical (unpaired) electrons. The van der Waals surface area contributed by atoms with Gasteiger partial charge in [0.25, 0.3) is 5.69 Å². The lowest BCUT2D eigenvalue weighted by atomic mass is 10.1. The standard InChI is InChI=1S/C11H9BrN4O2/c1-7-3-2-4-8(16(17)18)11(7)13-10-6-5-9(12)14-15-10/h2-6H,1H3,(H,13,15). The van der Waals surface area contributed by atoms with Crippen molar-refractivity contribution < 1.29 is 4.92 Å². The molecule has 0 bridgehead atoms. The number of halogens is 1. The molecule has 0 unspecified atom stereocenters. The Morgan fingerprint density at radius 3 is 2.67 bits per heavy atom. The Morgan fingerprint density at radius 2 is 2.06 bits per heavy atom. The number of hydrogen-bond donors (Lipinski definition) is 1. The topological polar surface area (TPSA) is 81.0 Å². The number of nitrogens with one attached hydrogen (secondary N) is 1. The number of benzene rings is 1. The lowest BCUT2D eigenvalue weighted by Gasteiger charge is -2.08. The van der Waals surface area contributed by atoms with Gasteiger partial charge in [0.2, 0.25) is 0 Å². The monoisotopic (exact) mass is 308 g/mol. The number of aryl methyl sites for hydroxylation is 1. The van der Waals surface area contributed by atoms with Gasteiger partial charge in [-0.2, -0.15) is 0 Å². The minimum absolute atomic E-state index is 0.0136. The van der Waals surface area contributed by atoms with E-state index >= 15 is 0 Å². The molecule has 1 aromatic heterocycles. The van der Waals surface area contributed by atoms with Crippen molar-refractivity contribution in [3.63, 3.8) is 0 Å². The van der Waals surface area contributed by atoms with E-state index in [0.717, 1.165) is 5.56 Å². The van der Waals surface area contributed by atoms with Gasteiger partial charge in [0, 0.05) is 6.07 Å². The van der Waals surface area contributed by atoms with Gasteiger partial charge in [0.05, 0.1) is 4.92 Å². The molecule has 2 aromatic rings. The summed E-state index contributed by atoms with van der Waals surface area (Å²) in [7, 11) is 0. The molecule has 7 heteroatoms. The van der Waals surface area contributed by atoms with Gasteiger partial charge < -0.3 is 5.32 Å². The van der Waals surface area contributed by atoms with Crippen molar-refractivity contribution in [3.05, 3.63) is 50.6 Å². The van der Waals surface area contributed by atoms with Crippen LogP contribution in [0.5, 0.6) is 0 Å². The number of nitrogens with zero attached hydrogens (tertiary/aromatic N) is 3. The zero-order valence-electron chi connectivity index (χ0n) is 9.42. The molecule has 18 heavy (non-hydrogen) atoms. The molecule has 6 nitrogen and oxygen atoms in total. The molecule has 92 valence electrons. The zero-order valence-corrected chi connectivity index (χ0v) is 11.0. The van der Waals surface area contributed by atoms with Crippen molar-refractivity contribution in [2.24, 2.45) is 0 Å². The summed E-state index contributed by atoms with van der Waals surface area (Å²) < 4.78 is 0.604. The highest BCUT2D eigenvalue weighted by Gasteiger charge is 2.15. The molecule has 0 atom stereocenters. The minimum Gasteiger partial charge on any atom is -0.333 e. The second-order valence-electron chi connectivity index (χ2n) is 3.59. The summed E-state index contributed by atoms with van der Waals surface area (Å²) in [6.07, 6.45) is 0. The molecule has 0 aliphatic rings. The van der Waals surface area contributed by atoms with Crippen molar-refractivity contribution in [1.82, 2.24) is 10.2 Å². The summed E-state index contributed by atoms with van der Waals surface area (Å²) in [5.74, 6) is 0.454. The van der Waals surface area contributed by atoms with Crippen LogP contribution < -0.4 is 5.32 Å². The van der Waals surface area contributed by atoms with E-state index in [-0.39, 0.29) is 5.69 Å². The maximum Gasteiger partial charge on any atom is 0.292 e. The van der Waals surface area contributed by atoms with Gasteiger partial charge >= 0.3 is 0 Å². The van der Waals surface area contributed by atoms with Gasteiger partial charge in [0.15, 0.2) is 5.82 Å². The fraction of sp³-hybridized carbons (Fsp3) is 0.0909. The Labute approximate surface area is 111 Å². The van der Waals surface area contributed by atoms with Crippen LogP contribution in [0.2, 0.25) is 0 Å². The van der Waals surface area contributed by atoms with Crippen LogP contribution in [-0.4, -0.2) is 15.1 Å². The van der Waals surface area contributed by atoms with E-state index in [2.05, 4.69) is 31.4 Å². The van der Waals surface area contributed by atoms with E-state index in [9.17, 15) is 10.1 Å². The molecule has 1 heterocycles. The smallest absolute Gasteiger partial charge is 0.292 e. The molecule has 0 spiro atoms. The van der Waals surface area contributed by atoms with E-state index < -0.39 is 4.92 Å². The molecule has 0 fully saturated rings. The van der Waals surface area contributed by atoms with Gasteiger partial charge in [-0.05, 0) is 40.5 Å². The predicted molar refractivity (Wildman–Crippen MR) is 70.8 cm³/mol. The van der Waals surface area contributed by atoms with Crippen LogP contribution in [0.15, 0.2) is 34.9 Å². The highest BCUT2D eigenvalue weighted by Crippen LogP contribution is 2.29. The van der Waals surface area contributed by atoms with Gasteiger partial charge in [-0.1, -0.05) is 12.1 Å². The molecule has 1 aromatic carbocycles. The Hall–Kier alpha value is -2.02. The van der Waals surface area contributed by atoms with Crippen LogP contribution >= 0.6 is 15.9 Å². The summed E-state index contributed by atoms with van der Waals surface area (Å²) >= 11 is 3.17. The van der Waals surface area contributed by atoms with E-state index in [1.807, 2.05) is 0 Å². The molecule has 0 saturated heterocycles. The second kappa shape index (κ2) is 5.09. The van der Waals surface area contributed by atoms with Crippen molar-refractivity contribution in [3.8, 4) is 0 Å². The van der Waals surface area contributed by atoms with Crippen molar-refractivity contribution in [2.75, 3.05) is 5.32 Å². The van der Waals surface area contributed by atoms with Crippen LogP contribution in [0, 0.1) is 17.0 Å². The number of rotatable bonds is 3. The molecule has 0 amide bonds. The van der Waals surface area contributed by atoms with E-state index in [1.165, 1.54) is 6.07 Å². The minimum atomic E-state index is -0.429. The van der Waals surface area contributed by atoms with Crippen molar-refractivity contribution in [2.45, 2.75) is 6.92 Å².